The van der Waals surface area contributed by atoms with E-state index in [2.05, 4.69) is 20.9 Å². The molecule has 1 aliphatic heterocycles. The summed E-state index contributed by atoms with van der Waals surface area (Å²) in [4.78, 5) is 19.0. The second-order valence-electron chi connectivity index (χ2n) is 6.35. The highest BCUT2D eigenvalue weighted by atomic mass is 79.9. The first-order valence-corrected chi connectivity index (χ1v) is 9.48. The molecule has 0 N–H and O–H groups in total. The third-order valence-corrected chi connectivity index (χ3v) is 5.55. The number of carbonyl (C=O) groups excluding carboxylic acids is 1. The number of nitrogens with zero attached hydrogens (tertiary/aromatic N) is 2. The average Bonchev–Trinajstić information content (AvgIpc) is 3.04. The maximum absolute atomic E-state index is 13.2. The summed E-state index contributed by atoms with van der Waals surface area (Å²) in [5.41, 5.74) is 1.95. The van der Waals surface area contributed by atoms with Gasteiger partial charge >= 0.3 is 0 Å². The second-order valence-corrected chi connectivity index (χ2v) is 7.65. The number of fused-ring (bicyclic) bond motifs is 1. The highest BCUT2D eigenvalue weighted by Gasteiger charge is 2.28. The molecular weight excluding hydrogens is 423 g/mol. The molecule has 1 aliphatic rings. The normalized spacial score (nSPS) is 15.6. The Bertz CT molecular complexity index is 983. The van der Waals surface area contributed by atoms with Gasteiger partial charge in [0.05, 0.1) is 5.56 Å². The molecule has 26 heavy (non-hydrogen) atoms. The van der Waals surface area contributed by atoms with Gasteiger partial charge in [0.1, 0.15) is 11.3 Å². The second kappa shape index (κ2) is 7.00. The first kappa shape index (κ1) is 17.5. The van der Waals surface area contributed by atoms with Gasteiger partial charge in [-0.2, -0.15) is 0 Å². The molecule has 1 aromatic heterocycles. The van der Waals surface area contributed by atoms with E-state index in [-0.39, 0.29) is 17.6 Å². The summed E-state index contributed by atoms with van der Waals surface area (Å²) in [5, 5.41) is 0.627. The van der Waals surface area contributed by atoms with Gasteiger partial charge in [-0.25, -0.2) is 9.37 Å². The molecule has 0 spiro atoms. The molecule has 1 amide bonds. The number of amides is 1. The van der Waals surface area contributed by atoms with Crippen molar-refractivity contribution in [3.8, 4) is 0 Å². The smallest absolute Gasteiger partial charge is 0.255 e. The van der Waals surface area contributed by atoms with E-state index < -0.39 is 0 Å². The Kier molecular flexibility index (Phi) is 4.71. The standard InChI is InChI=1S/C19H15BrClFN2O2/c20-15-10-13(22)2-3-14(15)19(25)24-7-5-11(6-8-24)18-23-16-9-12(21)1-4-17(16)26-18/h1-4,9-11H,5-8H2. The van der Waals surface area contributed by atoms with Gasteiger partial charge in [-0.15, -0.1) is 0 Å². The number of hydrogen-bond donors (Lipinski definition) is 0. The van der Waals surface area contributed by atoms with Crippen LogP contribution in [0.2, 0.25) is 5.02 Å². The van der Waals surface area contributed by atoms with Crippen LogP contribution in [-0.2, 0) is 0 Å². The van der Waals surface area contributed by atoms with Crippen LogP contribution in [0.5, 0.6) is 0 Å². The lowest BCUT2D eigenvalue weighted by Gasteiger charge is -2.31. The summed E-state index contributed by atoms with van der Waals surface area (Å²) in [6, 6.07) is 9.50. The Morgan fingerprint density at radius 1 is 1.23 bits per heavy atom. The van der Waals surface area contributed by atoms with Crippen LogP contribution in [0.4, 0.5) is 4.39 Å². The zero-order valence-electron chi connectivity index (χ0n) is 13.7. The number of aromatic nitrogens is 1. The lowest BCUT2D eigenvalue weighted by Crippen LogP contribution is -2.38. The summed E-state index contributed by atoms with van der Waals surface area (Å²) < 4.78 is 19.5. The zero-order valence-corrected chi connectivity index (χ0v) is 16.1. The molecule has 0 unspecified atom stereocenters. The molecule has 1 fully saturated rings. The lowest BCUT2D eigenvalue weighted by atomic mass is 9.96. The van der Waals surface area contributed by atoms with Crippen molar-refractivity contribution in [2.24, 2.45) is 0 Å². The van der Waals surface area contributed by atoms with Crippen molar-refractivity contribution in [1.82, 2.24) is 9.88 Å². The predicted molar refractivity (Wildman–Crippen MR) is 101 cm³/mol. The molecule has 2 heterocycles. The van der Waals surface area contributed by atoms with Crippen LogP contribution in [0, 0.1) is 5.82 Å². The van der Waals surface area contributed by atoms with Crippen molar-refractivity contribution in [3.63, 3.8) is 0 Å². The van der Waals surface area contributed by atoms with Crippen molar-refractivity contribution < 1.29 is 13.6 Å². The average molecular weight is 438 g/mol. The predicted octanol–water partition coefficient (Wildman–Crippen LogP) is 5.40. The van der Waals surface area contributed by atoms with Gasteiger partial charge in [0.25, 0.3) is 5.91 Å². The number of rotatable bonds is 2. The number of likely N-dealkylation sites (tertiary alicyclic amines) is 1. The van der Waals surface area contributed by atoms with E-state index in [1.165, 1.54) is 18.2 Å². The molecule has 3 aromatic rings. The van der Waals surface area contributed by atoms with Gasteiger partial charge in [-0.05, 0) is 65.2 Å². The van der Waals surface area contributed by atoms with Crippen molar-refractivity contribution >= 4 is 44.5 Å². The largest absolute Gasteiger partial charge is 0.440 e. The Balaban J connectivity index is 1.47. The topological polar surface area (TPSA) is 46.3 Å². The lowest BCUT2D eigenvalue weighted by molar-refractivity contribution is 0.0705. The fourth-order valence-corrected chi connectivity index (χ4v) is 3.94. The van der Waals surface area contributed by atoms with E-state index >= 15 is 0 Å². The van der Waals surface area contributed by atoms with Gasteiger partial charge in [0.15, 0.2) is 11.5 Å². The summed E-state index contributed by atoms with van der Waals surface area (Å²) in [5.74, 6) is 0.391. The van der Waals surface area contributed by atoms with Gasteiger partial charge in [-0.1, -0.05) is 11.6 Å². The van der Waals surface area contributed by atoms with Crippen molar-refractivity contribution in [2.75, 3.05) is 13.1 Å². The van der Waals surface area contributed by atoms with E-state index in [1.54, 1.807) is 17.0 Å². The monoisotopic (exact) mass is 436 g/mol. The molecule has 0 bridgehead atoms. The van der Waals surface area contributed by atoms with E-state index in [0.717, 1.165) is 23.9 Å². The molecule has 0 aliphatic carbocycles. The van der Waals surface area contributed by atoms with Gasteiger partial charge in [0.2, 0.25) is 0 Å². The fourth-order valence-electron chi connectivity index (χ4n) is 3.26. The van der Waals surface area contributed by atoms with E-state index in [1.807, 2.05) is 6.07 Å². The molecule has 1 saturated heterocycles. The Labute approximate surface area is 163 Å². The molecular formula is C19H15BrClFN2O2. The Morgan fingerprint density at radius 2 is 2.00 bits per heavy atom. The molecule has 2 aromatic carbocycles. The number of halogens is 3. The molecule has 0 atom stereocenters. The SMILES string of the molecule is O=C(c1ccc(F)cc1Br)N1CCC(c2nc3cc(Cl)ccc3o2)CC1. The maximum Gasteiger partial charge on any atom is 0.255 e. The van der Waals surface area contributed by atoms with Crippen LogP contribution < -0.4 is 0 Å². The van der Waals surface area contributed by atoms with Crippen molar-refractivity contribution in [2.45, 2.75) is 18.8 Å². The molecule has 0 saturated carbocycles. The van der Waals surface area contributed by atoms with Crippen LogP contribution >= 0.6 is 27.5 Å². The third-order valence-electron chi connectivity index (χ3n) is 4.66. The molecule has 0 radical (unpaired) electrons. The van der Waals surface area contributed by atoms with Crippen LogP contribution in [0.3, 0.4) is 0 Å². The highest BCUT2D eigenvalue weighted by Crippen LogP contribution is 2.31. The van der Waals surface area contributed by atoms with Crippen LogP contribution in [-0.4, -0.2) is 28.9 Å². The van der Waals surface area contributed by atoms with Gasteiger partial charge < -0.3 is 9.32 Å². The number of carbonyl (C=O) groups is 1. The number of benzene rings is 2. The summed E-state index contributed by atoms with van der Waals surface area (Å²) in [6.45, 7) is 1.21. The first-order valence-electron chi connectivity index (χ1n) is 8.31. The highest BCUT2D eigenvalue weighted by molar-refractivity contribution is 9.10. The number of oxazole rings is 1. The van der Waals surface area contributed by atoms with Crippen molar-refractivity contribution in [3.05, 3.63) is 63.2 Å². The van der Waals surface area contributed by atoms with E-state index in [0.29, 0.717) is 34.0 Å². The molecule has 134 valence electrons. The molecule has 7 heteroatoms. The van der Waals surface area contributed by atoms with E-state index in [4.69, 9.17) is 16.0 Å². The van der Waals surface area contributed by atoms with E-state index in [9.17, 15) is 9.18 Å². The summed E-state index contributed by atoms with van der Waals surface area (Å²) >= 11 is 9.26. The van der Waals surface area contributed by atoms with Crippen molar-refractivity contribution in [1.29, 1.82) is 0 Å². The van der Waals surface area contributed by atoms with Crippen LogP contribution in [0.15, 0.2) is 45.3 Å². The Morgan fingerprint density at radius 3 is 2.73 bits per heavy atom. The summed E-state index contributed by atoms with van der Waals surface area (Å²) in [7, 11) is 0. The minimum atomic E-state index is -0.372. The van der Waals surface area contributed by atoms with Crippen LogP contribution in [0.1, 0.15) is 35.0 Å². The minimum Gasteiger partial charge on any atom is -0.440 e. The summed E-state index contributed by atoms with van der Waals surface area (Å²) in [6.07, 6.45) is 1.54. The maximum atomic E-state index is 13.2. The number of piperidine rings is 1. The third kappa shape index (κ3) is 3.35. The van der Waals surface area contributed by atoms with Gasteiger partial charge in [0, 0.05) is 28.5 Å². The minimum absolute atomic E-state index is 0.0975. The quantitative estimate of drug-likeness (QED) is 0.539. The Hall–Kier alpha value is -1.92. The van der Waals surface area contributed by atoms with Crippen LogP contribution in [0.25, 0.3) is 11.1 Å². The molecule has 4 rings (SSSR count). The first-order chi connectivity index (χ1) is 12.5. The molecule has 4 nitrogen and oxygen atoms in total. The van der Waals surface area contributed by atoms with Gasteiger partial charge in [-0.3, -0.25) is 4.79 Å². The number of hydrogen-bond acceptors (Lipinski definition) is 3. The zero-order chi connectivity index (χ0) is 18.3. The fraction of sp³-hybridized carbons (Fsp3) is 0.263.